The molecule has 0 atom stereocenters. The first-order chi connectivity index (χ1) is 14.0. The van der Waals surface area contributed by atoms with Crippen LogP contribution >= 0.6 is 11.3 Å². The second-order valence-electron chi connectivity index (χ2n) is 8.32. The van der Waals surface area contributed by atoms with Gasteiger partial charge >= 0.3 is 0 Å². The van der Waals surface area contributed by atoms with E-state index in [0.29, 0.717) is 13.2 Å². The monoisotopic (exact) mass is 409 g/mol. The second kappa shape index (κ2) is 12.6. The number of unbranched alkanes of at least 4 members (excludes halogenated alkanes) is 1. The lowest BCUT2D eigenvalue weighted by Crippen LogP contribution is -2.24. The molecule has 0 radical (unpaired) electrons. The number of thiophene rings is 1. The second-order valence-corrected chi connectivity index (χ2v) is 9.10. The summed E-state index contributed by atoms with van der Waals surface area (Å²) in [5, 5.41) is 4.22. The van der Waals surface area contributed by atoms with Crippen molar-refractivity contribution in [2.24, 2.45) is 5.41 Å². The smallest absolute Gasteiger partial charge is 0.0721 e. The number of benzene rings is 1. The minimum atomic E-state index is 0.104. The van der Waals surface area contributed by atoms with E-state index in [0.717, 1.165) is 32.5 Å². The fourth-order valence-corrected chi connectivity index (χ4v) is 3.57. The standard InChI is InChI=1S/C26H35NOS/c1-5-27(16-8-6-7-15-26(2,3)4)20-24-11-9-12-25(19-24)21-28-17-10-13-23-14-18-29-22-23/h9-14,18-19,22H,5-6,8,16-17,20-21H2,1-4H3/b13-10+. The molecular weight excluding hydrogens is 374 g/mol. The van der Waals surface area contributed by atoms with Crippen molar-refractivity contribution < 1.29 is 4.74 Å². The Hall–Kier alpha value is -1.86. The molecule has 156 valence electrons. The van der Waals surface area contributed by atoms with Gasteiger partial charge in [0.15, 0.2) is 0 Å². The van der Waals surface area contributed by atoms with Crippen molar-refractivity contribution >= 4 is 17.4 Å². The van der Waals surface area contributed by atoms with Crippen molar-refractivity contribution in [1.29, 1.82) is 0 Å². The average molecular weight is 410 g/mol. The van der Waals surface area contributed by atoms with Crippen molar-refractivity contribution in [1.82, 2.24) is 4.90 Å². The van der Waals surface area contributed by atoms with Crippen LogP contribution in [0.25, 0.3) is 6.08 Å². The van der Waals surface area contributed by atoms with E-state index in [9.17, 15) is 0 Å². The molecule has 0 saturated heterocycles. The number of nitrogens with zero attached hydrogens (tertiary/aromatic N) is 1. The molecule has 1 aromatic heterocycles. The van der Waals surface area contributed by atoms with Crippen LogP contribution in [-0.2, 0) is 17.9 Å². The van der Waals surface area contributed by atoms with Crippen molar-refractivity contribution in [2.45, 2.75) is 53.7 Å². The van der Waals surface area contributed by atoms with Gasteiger partial charge in [-0.2, -0.15) is 11.3 Å². The van der Waals surface area contributed by atoms with Gasteiger partial charge in [-0.1, -0.05) is 49.3 Å². The lowest BCUT2D eigenvalue weighted by atomic mass is 9.98. The number of hydrogen-bond donors (Lipinski definition) is 0. The highest BCUT2D eigenvalue weighted by Gasteiger charge is 2.05. The van der Waals surface area contributed by atoms with Crippen LogP contribution in [0.4, 0.5) is 0 Å². The maximum atomic E-state index is 5.81. The van der Waals surface area contributed by atoms with Gasteiger partial charge in [0.25, 0.3) is 0 Å². The van der Waals surface area contributed by atoms with Crippen molar-refractivity contribution in [3.8, 4) is 11.8 Å². The number of hydrogen-bond acceptors (Lipinski definition) is 3. The van der Waals surface area contributed by atoms with Crippen molar-refractivity contribution in [3.63, 3.8) is 0 Å². The fourth-order valence-electron chi connectivity index (χ4n) is 2.94. The zero-order valence-corrected chi connectivity index (χ0v) is 19.2. The van der Waals surface area contributed by atoms with Crippen LogP contribution in [0.3, 0.4) is 0 Å². The molecule has 0 N–H and O–H groups in total. The molecule has 3 heteroatoms. The van der Waals surface area contributed by atoms with Crippen LogP contribution in [0.15, 0.2) is 47.2 Å². The summed E-state index contributed by atoms with van der Waals surface area (Å²) in [6.45, 7) is 13.1. The Labute approximate surface area is 181 Å². The van der Waals surface area contributed by atoms with Gasteiger partial charge in [-0.25, -0.2) is 0 Å². The largest absolute Gasteiger partial charge is 0.373 e. The van der Waals surface area contributed by atoms with E-state index in [2.05, 4.69) is 97.7 Å². The van der Waals surface area contributed by atoms with E-state index in [4.69, 9.17) is 4.74 Å². The Morgan fingerprint density at radius 2 is 2.00 bits per heavy atom. The van der Waals surface area contributed by atoms with E-state index in [1.165, 1.54) is 16.7 Å². The van der Waals surface area contributed by atoms with Gasteiger partial charge in [0, 0.05) is 18.4 Å². The third-order valence-electron chi connectivity index (χ3n) is 4.42. The van der Waals surface area contributed by atoms with E-state index in [1.54, 1.807) is 11.3 Å². The van der Waals surface area contributed by atoms with Crippen LogP contribution < -0.4 is 0 Å². The molecule has 0 fully saturated rings. The predicted molar refractivity (Wildman–Crippen MR) is 127 cm³/mol. The molecule has 0 amide bonds. The van der Waals surface area contributed by atoms with Crippen LogP contribution in [0.1, 0.15) is 57.2 Å². The first kappa shape index (κ1) is 23.4. The molecule has 0 spiro atoms. The lowest BCUT2D eigenvalue weighted by Gasteiger charge is -2.20. The molecule has 1 aromatic carbocycles. The SMILES string of the molecule is CCN(CCCC#CC(C)(C)C)Cc1cccc(COC/C=C/c2ccsc2)c1. The Morgan fingerprint density at radius 1 is 1.17 bits per heavy atom. The maximum Gasteiger partial charge on any atom is 0.0721 e. The highest BCUT2D eigenvalue weighted by atomic mass is 32.1. The molecule has 0 aliphatic rings. The highest BCUT2D eigenvalue weighted by Crippen LogP contribution is 2.12. The first-order valence-electron chi connectivity index (χ1n) is 10.5. The lowest BCUT2D eigenvalue weighted by molar-refractivity contribution is 0.149. The minimum Gasteiger partial charge on any atom is -0.373 e. The molecular formula is C26H35NOS. The maximum absolute atomic E-state index is 5.81. The Bertz CT molecular complexity index is 790. The Balaban J connectivity index is 1.74. The Kier molecular flexibility index (Phi) is 10.2. The predicted octanol–water partition coefficient (Wildman–Crippen LogP) is 6.63. The van der Waals surface area contributed by atoms with Gasteiger partial charge in [0.05, 0.1) is 13.2 Å². The summed E-state index contributed by atoms with van der Waals surface area (Å²) in [5.74, 6) is 6.64. The molecule has 2 aromatic rings. The number of rotatable bonds is 11. The van der Waals surface area contributed by atoms with Crippen molar-refractivity contribution in [3.05, 3.63) is 63.9 Å². The average Bonchev–Trinajstić information content (AvgIpc) is 3.19. The first-order valence-corrected chi connectivity index (χ1v) is 11.5. The molecule has 0 bridgehead atoms. The molecule has 0 aliphatic carbocycles. The molecule has 0 unspecified atom stereocenters. The number of ether oxygens (including phenoxy) is 1. The summed E-state index contributed by atoms with van der Waals surface area (Å²) in [7, 11) is 0. The van der Waals surface area contributed by atoms with Crippen LogP contribution in [0, 0.1) is 17.3 Å². The van der Waals surface area contributed by atoms with Gasteiger partial charge in [-0.3, -0.25) is 4.90 Å². The van der Waals surface area contributed by atoms with E-state index in [-0.39, 0.29) is 5.41 Å². The Morgan fingerprint density at radius 3 is 2.72 bits per heavy atom. The van der Waals surface area contributed by atoms with Gasteiger partial charge in [0.2, 0.25) is 0 Å². The summed E-state index contributed by atoms with van der Waals surface area (Å²) in [6.07, 6.45) is 6.28. The normalized spacial score (nSPS) is 11.8. The van der Waals surface area contributed by atoms with Gasteiger partial charge < -0.3 is 4.74 Å². The zero-order valence-electron chi connectivity index (χ0n) is 18.4. The quantitative estimate of drug-likeness (QED) is 0.305. The molecule has 0 aliphatic heterocycles. The van der Waals surface area contributed by atoms with E-state index in [1.807, 2.05) is 0 Å². The fraction of sp³-hybridized carbons (Fsp3) is 0.462. The van der Waals surface area contributed by atoms with Crippen LogP contribution in [0.2, 0.25) is 0 Å². The van der Waals surface area contributed by atoms with Gasteiger partial charge in [-0.05, 0) is 73.8 Å². The van der Waals surface area contributed by atoms with E-state index < -0.39 is 0 Å². The minimum absolute atomic E-state index is 0.104. The topological polar surface area (TPSA) is 12.5 Å². The van der Waals surface area contributed by atoms with E-state index >= 15 is 0 Å². The summed E-state index contributed by atoms with van der Waals surface area (Å²) in [5.41, 5.74) is 3.93. The third kappa shape index (κ3) is 10.5. The van der Waals surface area contributed by atoms with Gasteiger partial charge in [-0.15, -0.1) is 5.92 Å². The zero-order chi connectivity index (χ0) is 21.0. The van der Waals surface area contributed by atoms with Crippen LogP contribution in [-0.4, -0.2) is 24.6 Å². The molecule has 2 nitrogen and oxygen atoms in total. The van der Waals surface area contributed by atoms with Crippen molar-refractivity contribution in [2.75, 3.05) is 19.7 Å². The summed E-state index contributed by atoms with van der Waals surface area (Å²) >= 11 is 1.71. The summed E-state index contributed by atoms with van der Waals surface area (Å²) in [6, 6.07) is 10.9. The molecule has 0 saturated carbocycles. The molecule has 2 rings (SSSR count). The third-order valence-corrected chi connectivity index (χ3v) is 5.12. The molecule has 29 heavy (non-hydrogen) atoms. The molecule has 1 heterocycles. The highest BCUT2D eigenvalue weighted by molar-refractivity contribution is 7.08. The summed E-state index contributed by atoms with van der Waals surface area (Å²) < 4.78 is 5.81. The van der Waals surface area contributed by atoms with Crippen LogP contribution in [0.5, 0.6) is 0 Å². The van der Waals surface area contributed by atoms with Gasteiger partial charge in [0.1, 0.15) is 0 Å². The summed E-state index contributed by atoms with van der Waals surface area (Å²) in [4.78, 5) is 2.49.